The molecular formula is C21H32BN2O5. The number of amides is 1. The van der Waals surface area contributed by atoms with E-state index in [2.05, 4.69) is 5.32 Å². The number of fused-ring (bicyclic) bond motifs is 1. The van der Waals surface area contributed by atoms with Gasteiger partial charge in [-0.3, -0.25) is 9.59 Å². The Morgan fingerprint density at radius 2 is 2.14 bits per heavy atom. The highest BCUT2D eigenvalue weighted by Gasteiger charge is 2.34. The maximum absolute atomic E-state index is 12.2. The summed E-state index contributed by atoms with van der Waals surface area (Å²) in [6.45, 7) is 7.40. The third-order valence-electron chi connectivity index (χ3n) is 5.02. The van der Waals surface area contributed by atoms with Crippen molar-refractivity contribution in [2.75, 3.05) is 19.8 Å². The quantitative estimate of drug-likeness (QED) is 0.540. The van der Waals surface area contributed by atoms with Crippen LogP contribution in [0.3, 0.4) is 0 Å². The van der Waals surface area contributed by atoms with Crippen LogP contribution < -0.4 is 21.3 Å². The molecule has 1 aliphatic heterocycles. The second-order valence-electron chi connectivity index (χ2n) is 8.52. The normalized spacial score (nSPS) is 20.5. The summed E-state index contributed by atoms with van der Waals surface area (Å²) in [7, 11) is 1.65. The SMILES string of the molecule is CC(=O)NC[C@H](O)[C@@H]1COc2cc([B]OCC(C)(C)N)ccc2CCC1C(C)=O. The molecule has 1 amide bonds. The Balaban J connectivity index is 2.11. The van der Waals surface area contributed by atoms with Crippen LogP contribution in [0.5, 0.6) is 5.75 Å². The fraction of sp³-hybridized carbons (Fsp3) is 0.619. The Bertz CT molecular complexity index is 720. The van der Waals surface area contributed by atoms with E-state index >= 15 is 0 Å². The summed E-state index contributed by atoms with van der Waals surface area (Å²) in [6.07, 6.45) is 0.424. The average Bonchev–Trinajstić information content (AvgIpc) is 2.59. The monoisotopic (exact) mass is 403 g/mol. The minimum atomic E-state index is -0.862. The molecule has 159 valence electrons. The lowest BCUT2D eigenvalue weighted by Gasteiger charge is -2.32. The molecule has 1 aromatic rings. The smallest absolute Gasteiger partial charge is 0.330 e. The zero-order valence-corrected chi connectivity index (χ0v) is 17.7. The number of nitrogens with one attached hydrogen (secondary N) is 1. The molecule has 0 bridgehead atoms. The van der Waals surface area contributed by atoms with Crippen LogP contribution in [0.4, 0.5) is 0 Å². The van der Waals surface area contributed by atoms with Gasteiger partial charge in [0.2, 0.25) is 5.91 Å². The molecule has 1 radical (unpaired) electrons. The van der Waals surface area contributed by atoms with Crippen molar-refractivity contribution in [1.82, 2.24) is 5.32 Å². The second-order valence-corrected chi connectivity index (χ2v) is 8.52. The van der Waals surface area contributed by atoms with Gasteiger partial charge in [-0.05, 0) is 50.7 Å². The Labute approximate surface area is 173 Å². The number of aryl methyl sites for hydroxylation is 1. The standard InChI is InChI=1S/C21H32BN2O5/c1-13(25)17-8-6-15-5-7-16(22-29-12-21(3,4)23)9-20(15)28-11-18(17)19(27)10-24-14(2)26/h5,7,9,17-19,27H,6,8,10-12,23H2,1-4H3,(H,24,26)/t17?,18-,19+/m1/s1. The van der Waals surface area contributed by atoms with Gasteiger partial charge >= 0.3 is 7.48 Å². The molecule has 1 aliphatic rings. The molecule has 0 fully saturated rings. The topological polar surface area (TPSA) is 111 Å². The second kappa shape index (κ2) is 10.2. The molecule has 2 rings (SSSR count). The lowest BCUT2D eigenvalue weighted by atomic mass is 9.79. The first kappa shape index (κ1) is 23.4. The number of hydrogen-bond donors (Lipinski definition) is 3. The molecule has 1 unspecified atom stereocenters. The van der Waals surface area contributed by atoms with Crippen LogP contribution in [0, 0.1) is 11.8 Å². The number of nitrogens with two attached hydrogens (primary N) is 1. The van der Waals surface area contributed by atoms with E-state index in [1.54, 1.807) is 14.4 Å². The lowest BCUT2D eigenvalue weighted by molar-refractivity contribution is -0.125. The van der Waals surface area contributed by atoms with Crippen LogP contribution in [0.15, 0.2) is 18.2 Å². The number of aliphatic hydroxyl groups is 1. The van der Waals surface area contributed by atoms with Crippen molar-refractivity contribution < 1.29 is 24.1 Å². The highest BCUT2D eigenvalue weighted by Crippen LogP contribution is 2.30. The number of carbonyl (C=O) groups is 2. The van der Waals surface area contributed by atoms with Gasteiger partial charge < -0.3 is 25.5 Å². The predicted octanol–water partition coefficient (Wildman–Crippen LogP) is 0.328. The van der Waals surface area contributed by atoms with Crippen LogP contribution in [0.25, 0.3) is 0 Å². The number of carbonyl (C=O) groups excluding carboxylic acids is 2. The molecule has 7 nitrogen and oxygen atoms in total. The zero-order chi connectivity index (χ0) is 21.6. The molecule has 8 heteroatoms. The fourth-order valence-electron chi connectivity index (χ4n) is 3.45. The molecular weight excluding hydrogens is 371 g/mol. The molecule has 0 aromatic heterocycles. The van der Waals surface area contributed by atoms with Gasteiger partial charge in [0, 0.05) is 37.5 Å². The summed E-state index contributed by atoms with van der Waals surface area (Å²) in [6, 6.07) is 5.81. The van der Waals surface area contributed by atoms with E-state index in [-0.39, 0.29) is 30.8 Å². The van der Waals surface area contributed by atoms with E-state index in [9.17, 15) is 14.7 Å². The molecule has 1 heterocycles. The fourth-order valence-corrected chi connectivity index (χ4v) is 3.45. The van der Waals surface area contributed by atoms with Crippen molar-refractivity contribution in [2.45, 2.75) is 52.2 Å². The van der Waals surface area contributed by atoms with Crippen LogP contribution in [0.1, 0.15) is 39.7 Å². The van der Waals surface area contributed by atoms with E-state index in [0.29, 0.717) is 25.2 Å². The van der Waals surface area contributed by atoms with Gasteiger partial charge in [0.05, 0.1) is 12.7 Å². The first-order valence-electron chi connectivity index (χ1n) is 9.99. The third-order valence-corrected chi connectivity index (χ3v) is 5.02. The summed E-state index contributed by atoms with van der Waals surface area (Å²) in [4.78, 5) is 23.4. The number of benzene rings is 1. The van der Waals surface area contributed by atoms with Gasteiger partial charge in [0.1, 0.15) is 11.5 Å². The van der Waals surface area contributed by atoms with Gasteiger partial charge in [-0.15, -0.1) is 0 Å². The van der Waals surface area contributed by atoms with Crippen molar-refractivity contribution >= 4 is 24.6 Å². The van der Waals surface area contributed by atoms with Crippen molar-refractivity contribution in [3.05, 3.63) is 23.8 Å². The number of hydrogen-bond acceptors (Lipinski definition) is 6. The van der Waals surface area contributed by atoms with E-state index in [1.165, 1.54) is 6.92 Å². The van der Waals surface area contributed by atoms with Crippen LogP contribution >= 0.6 is 0 Å². The van der Waals surface area contributed by atoms with Crippen LogP contribution in [-0.2, 0) is 20.7 Å². The molecule has 1 aromatic carbocycles. The first-order valence-corrected chi connectivity index (χ1v) is 9.99. The summed E-state index contributed by atoms with van der Waals surface area (Å²) >= 11 is 0. The largest absolute Gasteiger partial charge is 0.493 e. The number of Topliss-reactive ketones (excluding diaryl/α,β-unsaturated/α-hetero) is 1. The molecule has 0 aliphatic carbocycles. The molecule has 4 N–H and O–H groups in total. The minimum absolute atomic E-state index is 0.0201. The first-order chi connectivity index (χ1) is 13.6. The van der Waals surface area contributed by atoms with Crippen molar-refractivity contribution in [3.8, 4) is 5.75 Å². The Morgan fingerprint density at radius 1 is 1.41 bits per heavy atom. The van der Waals surface area contributed by atoms with E-state index in [0.717, 1.165) is 11.0 Å². The summed E-state index contributed by atoms with van der Waals surface area (Å²) in [5, 5.41) is 13.2. The van der Waals surface area contributed by atoms with Gasteiger partial charge in [-0.2, -0.15) is 0 Å². The minimum Gasteiger partial charge on any atom is -0.493 e. The Morgan fingerprint density at radius 3 is 2.76 bits per heavy atom. The van der Waals surface area contributed by atoms with Crippen molar-refractivity contribution in [2.24, 2.45) is 17.6 Å². The average molecular weight is 403 g/mol. The van der Waals surface area contributed by atoms with Crippen LogP contribution in [0.2, 0.25) is 0 Å². The number of rotatable bonds is 8. The van der Waals surface area contributed by atoms with Crippen LogP contribution in [-0.4, -0.2) is 55.7 Å². The maximum atomic E-state index is 12.2. The van der Waals surface area contributed by atoms with Gasteiger partial charge in [-0.1, -0.05) is 12.1 Å². The summed E-state index contributed by atoms with van der Waals surface area (Å²) in [5.74, 6) is -0.205. The van der Waals surface area contributed by atoms with Gasteiger partial charge in [0.15, 0.2) is 0 Å². The summed E-state index contributed by atoms with van der Waals surface area (Å²) < 4.78 is 11.6. The highest BCUT2D eigenvalue weighted by atomic mass is 16.5. The molecule has 0 spiro atoms. The number of ketones is 1. The molecule has 0 saturated heterocycles. The van der Waals surface area contributed by atoms with Crippen molar-refractivity contribution in [3.63, 3.8) is 0 Å². The summed E-state index contributed by atoms with van der Waals surface area (Å²) in [5.41, 5.74) is 7.37. The van der Waals surface area contributed by atoms with E-state index in [4.69, 9.17) is 15.1 Å². The predicted molar refractivity (Wildman–Crippen MR) is 112 cm³/mol. The van der Waals surface area contributed by atoms with E-state index in [1.807, 2.05) is 32.0 Å². The third kappa shape index (κ3) is 7.46. The maximum Gasteiger partial charge on any atom is 0.330 e. The molecule has 0 saturated carbocycles. The zero-order valence-electron chi connectivity index (χ0n) is 17.7. The Kier molecular flexibility index (Phi) is 8.25. The van der Waals surface area contributed by atoms with Gasteiger partial charge in [-0.25, -0.2) is 0 Å². The Hall–Kier alpha value is -1.90. The lowest BCUT2D eigenvalue weighted by Crippen LogP contribution is -2.43. The molecule has 29 heavy (non-hydrogen) atoms. The van der Waals surface area contributed by atoms with Gasteiger partial charge in [0.25, 0.3) is 0 Å². The van der Waals surface area contributed by atoms with E-state index < -0.39 is 17.6 Å². The molecule has 3 atom stereocenters. The highest BCUT2D eigenvalue weighted by molar-refractivity contribution is 6.47. The number of aliphatic hydroxyl groups excluding tert-OH is 1. The number of ether oxygens (including phenoxy) is 1. The van der Waals surface area contributed by atoms with Crippen molar-refractivity contribution in [1.29, 1.82) is 0 Å².